The molecule has 1 aromatic carbocycles. The van der Waals surface area contributed by atoms with Crippen molar-refractivity contribution in [2.45, 2.75) is 13.3 Å². The van der Waals surface area contributed by atoms with Crippen molar-refractivity contribution < 1.29 is 8.87 Å². The summed E-state index contributed by atoms with van der Waals surface area (Å²) < 4.78 is 28.7. The fraction of sp³-hybridized carbons (Fsp3) is 0.286. The maximum Gasteiger partial charge on any atom is 0.295 e. The minimum Gasteiger partial charge on any atom is -0.311 e. The first kappa shape index (κ1) is 14.2. The lowest BCUT2D eigenvalue weighted by molar-refractivity contribution is 0.423. The highest BCUT2D eigenvalue weighted by Gasteiger charge is 2.14. The van der Waals surface area contributed by atoms with Crippen molar-refractivity contribution >= 4 is 5.82 Å². The summed E-state index contributed by atoms with van der Waals surface area (Å²) in [5.41, 5.74) is 0.529. The zero-order valence-corrected chi connectivity index (χ0v) is 11.3. The van der Waals surface area contributed by atoms with E-state index in [1.165, 1.54) is 16.8 Å². The molecule has 0 atom stereocenters. The van der Waals surface area contributed by atoms with Crippen molar-refractivity contribution in [3.8, 4) is 0 Å². The van der Waals surface area contributed by atoms with Crippen LogP contribution in [0, 0.1) is 12.7 Å². The molecule has 0 aliphatic heterocycles. The Morgan fingerprint density at radius 2 is 2.05 bits per heavy atom. The third-order valence-corrected chi connectivity index (χ3v) is 3.16. The standard InChI is InChI=1S/C14H15F2N3O/c1-10-9-17-13(14(20)18(10)2)19(16)8-7-11-5-3-4-6-12(11)15/h3-6,9H,7-8H2,1-2H3. The molecule has 0 radical (unpaired) electrons. The predicted molar refractivity (Wildman–Crippen MR) is 72.8 cm³/mol. The maximum atomic E-state index is 14.0. The van der Waals surface area contributed by atoms with Gasteiger partial charge in [-0.3, -0.25) is 4.79 Å². The zero-order chi connectivity index (χ0) is 14.7. The molecule has 0 amide bonds. The summed E-state index contributed by atoms with van der Waals surface area (Å²) in [6.07, 6.45) is 1.58. The molecule has 20 heavy (non-hydrogen) atoms. The molecule has 0 saturated carbocycles. The van der Waals surface area contributed by atoms with E-state index in [0.717, 1.165) is 0 Å². The summed E-state index contributed by atoms with van der Waals surface area (Å²) in [6.45, 7) is 1.58. The Bertz CT molecular complexity index is 670. The van der Waals surface area contributed by atoms with Crippen molar-refractivity contribution in [2.24, 2.45) is 7.05 Å². The lowest BCUT2D eigenvalue weighted by Gasteiger charge is -2.14. The highest BCUT2D eigenvalue weighted by atomic mass is 19.2. The normalized spacial score (nSPS) is 10.6. The lowest BCUT2D eigenvalue weighted by Crippen LogP contribution is -2.29. The molecule has 6 heteroatoms. The lowest BCUT2D eigenvalue weighted by atomic mass is 10.1. The van der Waals surface area contributed by atoms with Gasteiger partial charge in [0.2, 0.25) is 5.82 Å². The molecule has 2 aromatic rings. The summed E-state index contributed by atoms with van der Waals surface area (Å²) in [5, 5.41) is 0.258. The first-order valence-electron chi connectivity index (χ1n) is 6.20. The molecule has 2 rings (SSSR count). The third kappa shape index (κ3) is 2.84. The van der Waals surface area contributed by atoms with E-state index in [4.69, 9.17) is 0 Å². The van der Waals surface area contributed by atoms with Gasteiger partial charge in [0, 0.05) is 18.9 Å². The average Bonchev–Trinajstić information content (AvgIpc) is 2.44. The number of anilines is 1. The van der Waals surface area contributed by atoms with Gasteiger partial charge in [0.15, 0.2) is 0 Å². The van der Waals surface area contributed by atoms with Crippen LogP contribution in [-0.4, -0.2) is 16.1 Å². The molecule has 0 unspecified atom stereocenters. The molecule has 0 spiro atoms. The maximum absolute atomic E-state index is 14.0. The van der Waals surface area contributed by atoms with E-state index in [1.807, 2.05) is 0 Å². The van der Waals surface area contributed by atoms with Gasteiger partial charge in [-0.1, -0.05) is 22.7 Å². The molecule has 4 nitrogen and oxygen atoms in total. The van der Waals surface area contributed by atoms with Crippen LogP contribution in [0.5, 0.6) is 0 Å². The zero-order valence-electron chi connectivity index (χ0n) is 11.3. The van der Waals surface area contributed by atoms with E-state index in [2.05, 4.69) is 4.98 Å². The molecule has 0 bridgehead atoms. The molecule has 1 aromatic heterocycles. The number of nitrogens with zero attached hydrogens (tertiary/aromatic N) is 3. The third-order valence-electron chi connectivity index (χ3n) is 3.16. The molecule has 0 aliphatic carbocycles. The molecule has 0 saturated heterocycles. The quantitative estimate of drug-likeness (QED) is 0.805. The van der Waals surface area contributed by atoms with Crippen molar-refractivity contribution in [1.82, 2.24) is 9.55 Å². The Balaban J connectivity index is 2.14. The summed E-state index contributed by atoms with van der Waals surface area (Å²) in [6, 6.07) is 6.17. The number of rotatable bonds is 4. The average molecular weight is 279 g/mol. The summed E-state index contributed by atoms with van der Waals surface area (Å²) in [4.78, 5) is 15.7. The van der Waals surface area contributed by atoms with Gasteiger partial charge < -0.3 is 4.57 Å². The Hall–Kier alpha value is -2.24. The second-order valence-electron chi connectivity index (χ2n) is 4.51. The van der Waals surface area contributed by atoms with Crippen LogP contribution in [0.1, 0.15) is 11.3 Å². The minimum atomic E-state index is -0.513. The monoisotopic (exact) mass is 279 g/mol. The van der Waals surface area contributed by atoms with E-state index in [1.54, 1.807) is 32.2 Å². The smallest absolute Gasteiger partial charge is 0.295 e. The summed E-state index contributed by atoms with van der Waals surface area (Å²) in [5.74, 6) is -0.667. The Morgan fingerprint density at radius 3 is 2.75 bits per heavy atom. The van der Waals surface area contributed by atoms with E-state index < -0.39 is 5.56 Å². The highest BCUT2D eigenvalue weighted by Crippen LogP contribution is 2.11. The van der Waals surface area contributed by atoms with Gasteiger partial charge in [0.25, 0.3) is 5.56 Å². The van der Waals surface area contributed by atoms with E-state index in [0.29, 0.717) is 11.3 Å². The van der Waals surface area contributed by atoms with Crippen molar-refractivity contribution in [3.05, 3.63) is 57.9 Å². The largest absolute Gasteiger partial charge is 0.311 e. The Kier molecular flexibility index (Phi) is 4.12. The van der Waals surface area contributed by atoms with Crippen LogP contribution in [0.15, 0.2) is 35.3 Å². The van der Waals surface area contributed by atoms with Crippen LogP contribution in [0.2, 0.25) is 0 Å². The number of benzene rings is 1. The molecule has 0 fully saturated rings. The summed E-state index contributed by atoms with van der Waals surface area (Å²) >= 11 is 0. The molecular formula is C14H15F2N3O. The van der Waals surface area contributed by atoms with Gasteiger partial charge >= 0.3 is 0 Å². The van der Waals surface area contributed by atoms with Gasteiger partial charge in [-0.25, -0.2) is 9.37 Å². The van der Waals surface area contributed by atoms with Crippen molar-refractivity contribution in [3.63, 3.8) is 0 Å². The van der Waals surface area contributed by atoms with Crippen LogP contribution < -0.4 is 10.7 Å². The van der Waals surface area contributed by atoms with Crippen LogP contribution in [0.25, 0.3) is 0 Å². The fourth-order valence-electron chi connectivity index (χ4n) is 1.80. The molecular weight excluding hydrogens is 264 g/mol. The second kappa shape index (κ2) is 5.81. The van der Waals surface area contributed by atoms with Gasteiger partial charge in [-0.05, 0) is 25.0 Å². The van der Waals surface area contributed by atoms with Crippen LogP contribution >= 0.6 is 0 Å². The van der Waals surface area contributed by atoms with E-state index >= 15 is 0 Å². The first-order chi connectivity index (χ1) is 9.50. The molecule has 0 aliphatic rings. The fourth-order valence-corrected chi connectivity index (χ4v) is 1.80. The number of aromatic nitrogens is 2. The minimum absolute atomic E-state index is 0.133. The van der Waals surface area contributed by atoms with E-state index in [-0.39, 0.29) is 29.7 Å². The summed E-state index contributed by atoms with van der Waals surface area (Å²) in [7, 11) is 1.55. The van der Waals surface area contributed by atoms with Crippen molar-refractivity contribution in [2.75, 3.05) is 11.7 Å². The Labute approximate surface area is 115 Å². The number of aryl methyl sites for hydroxylation is 1. The van der Waals surface area contributed by atoms with Crippen LogP contribution in [0.3, 0.4) is 0 Å². The van der Waals surface area contributed by atoms with Gasteiger partial charge in [-0.15, -0.1) is 0 Å². The highest BCUT2D eigenvalue weighted by molar-refractivity contribution is 5.33. The first-order valence-corrected chi connectivity index (χ1v) is 6.20. The number of hydrogen-bond donors (Lipinski definition) is 0. The molecule has 0 N–H and O–H groups in total. The predicted octanol–water partition coefficient (Wildman–Crippen LogP) is 2.16. The topological polar surface area (TPSA) is 38.1 Å². The van der Waals surface area contributed by atoms with E-state index in [9.17, 15) is 13.7 Å². The SMILES string of the molecule is Cc1cnc(N(F)CCc2ccccc2F)c(=O)n1C. The van der Waals surface area contributed by atoms with Gasteiger partial charge in [0.05, 0.1) is 6.54 Å². The number of hydrogen-bond acceptors (Lipinski definition) is 3. The Morgan fingerprint density at radius 1 is 1.35 bits per heavy atom. The van der Waals surface area contributed by atoms with Crippen LogP contribution in [-0.2, 0) is 13.5 Å². The molecule has 1 heterocycles. The second-order valence-corrected chi connectivity index (χ2v) is 4.51. The van der Waals surface area contributed by atoms with Gasteiger partial charge in [0.1, 0.15) is 5.82 Å². The number of halogens is 2. The van der Waals surface area contributed by atoms with Crippen molar-refractivity contribution in [1.29, 1.82) is 0 Å². The van der Waals surface area contributed by atoms with Crippen LogP contribution in [0.4, 0.5) is 14.7 Å². The molecule has 106 valence electrons. The van der Waals surface area contributed by atoms with Gasteiger partial charge in [-0.2, -0.15) is 5.12 Å².